The van der Waals surface area contributed by atoms with Crippen molar-refractivity contribution in [2.75, 3.05) is 6.54 Å². The zero-order valence-electron chi connectivity index (χ0n) is 13.8. The fourth-order valence-electron chi connectivity index (χ4n) is 1.74. The second kappa shape index (κ2) is 8.32. The van der Waals surface area contributed by atoms with Crippen LogP contribution in [0, 0.1) is 0 Å². The number of amides is 2. The zero-order valence-corrected chi connectivity index (χ0v) is 13.8. The van der Waals surface area contributed by atoms with Crippen LogP contribution in [0.1, 0.15) is 51.7 Å². The molecule has 0 heterocycles. The lowest BCUT2D eigenvalue weighted by atomic mass is 9.87. The van der Waals surface area contributed by atoms with Gasteiger partial charge in [-0.1, -0.05) is 58.4 Å². The van der Waals surface area contributed by atoms with E-state index in [4.69, 9.17) is 0 Å². The number of rotatable bonds is 5. The van der Waals surface area contributed by atoms with Gasteiger partial charge in [-0.25, -0.2) is 5.43 Å². The van der Waals surface area contributed by atoms with Crippen LogP contribution in [0.15, 0.2) is 29.4 Å². The number of nitrogens with zero attached hydrogens (tertiary/aromatic N) is 1. The van der Waals surface area contributed by atoms with Crippen molar-refractivity contribution in [3.63, 3.8) is 0 Å². The van der Waals surface area contributed by atoms with Crippen LogP contribution < -0.4 is 10.7 Å². The standard InChI is InChI=1S/C17H25N3O2/c1-5-6-11-18-15(21)16(22)20-19-12-13-7-9-14(10-8-13)17(2,3)4/h7-10,12H,5-6,11H2,1-4H3,(H,18,21)(H,20,22)/b19-12+. The van der Waals surface area contributed by atoms with Gasteiger partial charge in [-0.15, -0.1) is 0 Å². The van der Waals surface area contributed by atoms with Crippen LogP contribution in [0.3, 0.4) is 0 Å². The van der Waals surface area contributed by atoms with Gasteiger partial charge in [-0.05, 0) is 23.0 Å². The Labute approximate surface area is 132 Å². The number of carbonyl (C=O) groups excluding carboxylic acids is 2. The van der Waals surface area contributed by atoms with E-state index in [0.717, 1.165) is 18.4 Å². The lowest BCUT2D eigenvalue weighted by Crippen LogP contribution is -2.38. The largest absolute Gasteiger partial charge is 0.348 e. The quantitative estimate of drug-likeness (QED) is 0.379. The number of hydrazone groups is 1. The molecule has 1 rings (SSSR count). The summed E-state index contributed by atoms with van der Waals surface area (Å²) < 4.78 is 0. The van der Waals surface area contributed by atoms with E-state index in [9.17, 15) is 9.59 Å². The van der Waals surface area contributed by atoms with Gasteiger partial charge < -0.3 is 5.32 Å². The first-order chi connectivity index (χ1) is 10.3. The molecule has 0 saturated carbocycles. The molecule has 0 aliphatic rings. The number of benzene rings is 1. The van der Waals surface area contributed by atoms with Crippen molar-refractivity contribution in [2.24, 2.45) is 5.10 Å². The minimum Gasteiger partial charge on any atom is -0.348 e. The summed E-state index contributed by atoms with van der Waals surface area (Å²) in [5.74, 6) is -1.41. The smallest absolute Gasteiger partial charge is 0.329 e. The van der Waals surface area contributed by atoms with Crippen molar-refractivity contribution in [1.82, 2.24) is 10.7 Å². The molecule has 0 unspecified atom stereocenters. The molecule has 0 aromatic heterocycles. The normalized spacial score (nSPS) is 11.5. The first kappa shape index (κ1) is 17.9. The van der Waals surface area contributed by atoms with E-state index in [1.807, 2.05) is 31.2 Å². The third kappa shape index (κ3) is 6.08. The fraction of sp³-hybridized carbons (Fsp3) is 0.471. The van der Waals surface area contributed by atoms with Crippen molar-refractivity contribution in [1.29, 1.82) is 0 Å². The molecule has 0 radical (unpaired) electrons. The molecule has 0 atom stereocenters. The summed E-state index contributed by atoms with van der Waals surface area (Å²) in [7, 11) is 0. The van der Waals surface area contributed by atoms with E-state index in [-0.39, 0.29) is 5.41 Å². The number of hydrogen-bond donors (Lipinski definition) is 2. The maximum atomic E-state index is 11.5. The van der Waals surface area contributed by atoms with Crippen molar-refractivity contribution in [3.05, 3.63) is 35.4 Å². The van der Waals surface area contributed by atoms with Crippen LogP contribution >= 0.6 is 0 Å². The highest BCUT2D eigenvalue weighted by Gasteiger charge is 2.13. The molecule has 5 nitrogen and oxygen atoms in total. The van der Waals surface area contributed by atoms with Crippen LogP contribution in [-0.2, 0) is 15.0 Å². The third-order valence-corrected chi connectivity index (χ3v) is 3.18. The monoisotopic (exact) mass is 303 g/mol. The highest BCUT2D eigenvalue weighted by atomic mass is 16.2. The Hall–Kier alpha value is -2.17. The topological polar surface area (TPSA) is 70.6 Å². The van der Waals surface area contributed by atoms with Crippen LogP contribution in [0.25, 0.3) is 0 Å². The van der Waals surface area contributed by atoms with E-state index in [2.05, 4.69) is 36.6 Å². The van der Waals surface area contributed by atoms with Gasteiger partial charge in [0.25, 0.3) is 0 Å². The fourth-order valence-corrected chi connectivity index (χ4v) is 1.74. The summed E-state index contributed by atoms with van der Waals surface area (Å²) >= 11 is 0. The van der Waals surface area contributed by atoms with E-state index in [1.54, 1.807) is 0 Å². The van der Waals surface area contributed by atoms with Gasteiger partial charge in [0.05, 0.1) is 6.21 Å². The average molecular weight is 303 g/mol. The molecule has 0 spiro atoms. The van der Waals surface area contributed by atoms with Crippen LogP contribution in [-0.4, -0.2) is 24.6 Å². The predicted octanol–water partition coefficient (Wildman–Crippen LogP) is 2.35. The van der Waals surface area contributed by atoms with E-state index in [1.165, 1.54) is 11.8 Å². The Balaban J connectivity index is 2.48. The number of unbranched alkanes of at least 4 members (excludes halogenated alkanes) is 1. The molecule has 5 heteroatoms. The predicted molar refractivity (Wildman–Crippen MR) is 88.8 cm³/mol. The molecular weight excluding hydrogens is 278 g/mol. The molecule has 1 aromatic carbocycles. The molecule has 120 valence electrons. The Kier molecular flexibility index (Phi) is 6.76. The van der Waals surface area contributed by atoms with Gasteiger partial charge in [0.15, 0.2) is 0 Å². The SMILES string of the molecule is CCCCNC(=O)C(=O)N/N=C/c1ccc(C(C)(C)C)cc1. The van der Waals surface area contributed by atoms with Crippen molar-refractivity contribution in [3.8, 4) is 0 Å². The Bertz CT molecular complexity index is 528. The minimum absolute atomic E-state index is 0.0977. The summed E-state index contributed by atoms with van der Waals surface area (Å²) in [4.78, 5) is 22.9. The molecule has 0 saturated heterocycles. The van der Waals surface area contributed by atoms with Gasteiger partial charge in [0, 0.05) is 6.54 Å². The Morgan fingerprint density at radius 2 is 1.77 bits per heavy atom. The molecule has 0 bridgehead atoms. The molecule has 22 heavy (non-hydrogen) atoms. The van der Waals surface area contributed by atoms with Gasteiger partial charge in [-0.2, -0.15) is 5.10 Å². The summed E-state index contributed by atoms with van der Waals surface area (Å²) in [6.45, 7) is 8.95. The van der Waals surface area contributed by atoms with E-state index >= 15 is 0 Å². The van der Waals surface area contributed by atoms with Gasteiger partial charge in [-0.3, -0.25) is 9.59 Å². The van der Waals surface area contributed by atoms with Crippen LogP contribution in [0.4, 0.5) is 0 Å². The molecule has 2 amide bonds. The minimum atomic E-state index is -0.751. The van der Waals surface area contributed by atoms with E-state index in [0.29, 0.717) is 6.54 Å². The second-order valence-electron chi connectivity index (χ2n) is 6.18. The highest BCUT2D eigenvalue weighted by Crippen LogP contribution is 2.21. The molecule has 0 fully saturated rings. The summed E-state index contributed by atoms with van der Waals surface area (Å²) in [5, 5.41) is 6.33. The van der Waals surface area contributed by atoms with Crippen molar-refractivity contribution in [2.45, 2.75) is 46.0 Å². The zero-order chi connectivity index (χ0) is 16.6. The highest BCUT2D eigenvalue weighted by molar-refractivity contribution is 6.35. The maximum absolute atomic E-state index is 11.5. The first-order valence-electron chi connectivity index (χ1n) is 7.56. The summed E-state index contributed by atoms with van der Waals surface area (Å²) in [6.07, 6.45) is 3.33. The van der Waals surface area contributed by atoms with Gasteiger partial charge in [0.1, 0.15) is 0 Å². The van der Waals surface area contributed by atoms with E-state index < -0.39 is 11.8 Å². The van der Waals surface area contributed by atoms with Crippen LogP contribution in [0.2, 0.25) is 0 Å². The van der Waals surface area contributed by atoms with Gasteiger partial charge in [0.2, 0.25) is 0 Å². The molecule has 0 aliphatic heterocycles. The number of carbonyl (C=O) groups is 2. The van der Waals surface area contributed by atoms with Gasteiger partial charge >= 0.3 is 11.8 Å². The average Bonchev–Trinajstić information content (AvgIpc) is 2.47. The van der Waals surface area contributed by atoms with Crippen molar-refractivity contribution < 1.29 is 9.59 Å². The lowest BCUT2D eigenvalue weighted by Gasteiger charge is -2.18. The number of nitrogens with one attached hydrogen (secondary N) is 2. The number of hydrogen-bond acceptors (Lipinski definition) is 3. The summed E-state index contributed by atoms with van der Waals surface area (Å²) in [5.41, 5.74) is 4.41. The van der Waals surface area contributed by atoms with Crippen molar-refractivity contribution >= 4 is 18.0 Å². The molecular formula is C17H25N3O2. The first-order valence-corrected chi connectivity index (χ1v) is 7.56. The molecule has 0 aliphatic carbocycles. The molecule has 1 aromatic rings. The maximum Gasteiger partial charge on any atom is 0.329 e. The van der Waals surface area contributed by atoms with Crippen LogP contribution in [0.5, 0.6) is 0 Å². The third-order valence-electron chi connectivity index (χ3n) is 3.18. The summed E-state index contributed by atoms with van der Waals surface area (Å²) in [6, 6.07) is 7.91. The lowest BCUT2D eigenvalue weighted by molar-refractivity contribution is -0.139. The Morgan fingerprint density at radius 3 is 2.32 bits per heavy atom. The Morgan fingerprint density at radius 1 is 1.14 bits per heavy atom. The second-order valence-corrected chi connectivity index (χ2v) is 6.18. The molecule has 2 N–H and O–H groups in total.